The van der Waals surface area contributed by atoms with Crippen LogP contribution in [0.5, 0.6) is 0 Å². The molecule has 2 atom stereocenters. The van der Waals surface area contributed by atoms with E-state index in [0.29, 0.717) is 11.2 Å². The van der Waals surface area contributed by atoms with Crippen molar-refractivity contribution in [3.05, 3.63) is 144 Å². The lowest BCUT2D eigenvalue weighted by Gasteiger charge is -2.28. The van der Waals surface area contributed by atoms with Crippen molar-refractivity contribution in [2.24, 2.45) is 5.92 Å². The summed E-state index contributed by atoms with van der Waals surface area (Å²) in [4.78, 5) is 11.9. The number of para-hydroxylation sites is 2. The van der Waals surface area contributed by atoms with Crippen molar-refractivity contribution in [1.29, 1.82) is 0 Å². The van der Waals surface area contributed by atoms with Crippen LogP contribution in [0.3, 0.4) is 0 Å². The molecule has 1 aliphatic heterocycles. The number of fused-ring (bicyclic) bond motifs is 9. The number of nitrogens with zero attached hydrogens (tertiary/aromatic N) is 3. The summed E-state index contributed by atoms with van der Waals surface area (Å²) < 4.78 is 2.32. The van der Waals surface area contributed by atoms with Gasteiger partial charge in [0.1, 0.15) is 0 Å². The van der Waals surface area contributed by atoms with Gasteiger partial charge in [0, 0.05) is 37.6 Å². The average Bonchev–Trinajstić information content (AvgIpc) is 3.58. The molecule has 2 unspecified atom stereocenters. The van der Waals surface area contributed by atoms with Gasteiger partial charge in [0.05, 0.1) is 22.1 Å². The van der Waals surface area contributed by atoms with E-state index in [-0.39, 0.29) is 5.92 Å². The zero-order chi connectivity index (χ0) is 26.2. The quantitative estimate of drug-likeness (QED) is 0.247. The molecule has 9 rings (SSSR count). The van der Waals surface area contributed by atoms with Crippen LogP contribution in [0, 0.1) is 5.92 Å². The topological polar surface area (TPSA) is 30.7 Å². The smallest absolute Gasteiger partial charge is 0.235 e. The Morgan fingerprint density at radius 1 is 0.700 bits per heavy atom. The lowest BCUT2D eigenvalue weighted by Crippen LogP contribution is -2.42. The number of hydrogen-bond acceptors (Lipinski definition) is 3. The number of aromatic nitrogens is 3. The van der Waals surface area contributed by atoms with Gasteiger partial charge in [-0.05, 0) is 34.9 Å². The zero-order valence-corrected chi connectivity index (χ0v) is 22.3. The van der Waals surface area contributed by atoms with Gasteiger partial charge >= 0.3 is 0 Å². The molecule has 2 aliphatic carbocycles. The van der Waals surface area contributed by atoms with Crippen molar-refractivity contribution in [3.8, 4) is 17.2 Å². The summed E-state index contributed by atoms with van der Waals surface area (Å²) in [6, 6.07) is 36.5. The summed E-state index contributed by atoms with van der Waals surface area (Å²) >= 11 is 2.00. The minimum atomic E-state index is 0.280. The fourth-order valence-electron chi connectivity index (χ4n) is 6.70. The molecule has 0 amide bonds. The van der Waals surface area contributed by atoms with Crippen LogP contribution in [-0.2, 0) is 0 Å². The highest BCUT2D eigenvalue weighted by atomic mass is 32.2. The average molecular weight is 530 g/mol. The Morgan fingerprint density at radius 3 is 2.40 bits per heavy atom. The van der Waals surface area contributed by atoms with Gasteiger partial charge in [-0.25, -0.2) is 9.97 Å². The van der Waals surface area contributed by atoms with E-state index >= 15 is 0 Å². The fourth-order valence-corrected chi connectivity index (χ4v) is 8.19. The summed E-state index contributed by atoms with van der Waals surface area (Å²) in [6.45, 7) is 0. The Balaban J connectivity index is 1.49. The van der Waals surface area contributed by atoms with Gasteiger partial charge in [-0.1, -0.05) is 109 Å². The molecule has 3 nitrogen and oxygen atoms in total. The van der Waals surface area contributed by atoms with Crippen molar-refractivity contribution >= 4 is 44.7 Å². The van der Waals surface area contributed by atoms with E-state index in [1.807, 2.05) is 11.8 Å². The van der Waals surface area contributed by atoms with Gasteiger partial charge in [-0.2, -0.15) is 0 Å². The van der Waals surface area contributed by atoms with E-state index in [1.165, 1.54) is 37.6 Å². The maximum Gasteiger partial charge on any atom is 0.235 e. The lowest BCUT2D eigenvalue weighted by molar-refractivity contribution is 0.842. The minimum absolute atomic E-state index is 0.280. The van der Waals surface area contributed by atoms with Gasteiger partial charge < -0.3 is 0 Å². The van der Waals surface area contributed by atoms with Gasteiger partial charge in [0.25, 0.3) is 0 Å². The van der Waals surface area contributed by atoms with Crippen LogP contribution in [0.2, 0.25) is 0 Å². The summed E-state index contributed by atoms with van der Waals surface area (Å²) in [7, 11) is 0. The Labute approximate surface area is 235 Å². The largest absolute Gasteiger partial charge is 0.278 e. The molecule has 0 saturated heterocycles. The van der Waals surface area contributed by atoms with E-state index in [9.17, 15) is 0 Å². The summed E-state index contributed by atoms with van der Waals surface area (Å²) in [6.07, 6.45) is 9.05. The molecule has 0 saturated carbocycles. The predicted octanol–water partition coefficient (Wildman–Crippen LogP) is 6.82. The molecule has 3 aliphatic rings. The summed E-state index contributed by atoms with van der Waals surface area (Å²) in [5.41, 5.74) is 8.25. The van der Waals surface area contributed by atoms with Gasteiger partial charge in [-0.3, -0.25) is 4.57 Å². The molecule has 40 heavy (non-hydrogen) atoms. The van der Waals surface area contributed by atoms with Crippen LogP contribution in [0.1, 0.15) is 5.56 Å². The molecule has 4 aromatic carbocycles. The van der Waals surface area contributed by atoms with Crippen molar-refractivity contribution < 1.29 is 0 Å². The third kappa shape index (κ3) is 3.02. The van der Waals surface area contributed by atoms with E-state index in [0.717, 1.165) is 27.7 Å². The molecule has 3 heterocycles. The second-order valence-corrected chi connectivity index (χ2v) is 11.7. The molecule has 0 fully saturated rings. The maximum atomic E-state index is 5.32. The summed E-state index contributed by atoms with van der Waals surface area (Å²) in [5.74, 6) is 0.990. The lowest BCUT2D eigenvalue weighted by atomic mass is 9.81. The van der Waals surface area contributed by atoms with Crippen molar-refractivity contribution in [2.45, 2.75) is 10.1 Å². The first-order chi connectivity index (χ1) is 19.9. The monoisotopic (exact) mass is 529 g/mol. The Hall–Kier alpha value is -4.67. The van der Waals surface area contributed by atoms with Crippen LogP contribution >= 0.6 is 11.8 Å². The SMILES string of the molecule is C1=CC2=c3c(c4ccccc4n3-c3nc(-c4ccccc4)c4ccccc4n3)=C3c4ccccc4SC3C2C=C1. The van der Waals surface area contributed by atoms with Gasteiger partial charge in [0.15, 0.2) is 0 Å². The molecule has 0 spiro atoms. The zero-order valence-electron chi connectivity index (χ0n) is 21.5. The molecule has 0 bridgehead atoms. The first kappa shape index (κ1) is 22.2. The fraction of sp³-hybridized carbons (Fsp3) is 0.0556. The van der Waals surface area contributed by atoms with E-state index in [4.69, 9.17) is 9.97 Å². The minimum Gasteiger partial charge on any atom is -0.278 e. The molecule has 0 radical (unpaired) electrons. The second-order valence-electron chi connectivity index (χ2n) is 10.5. The molecule has 4 heteroatoms. The number of rotatable bonds is 2. The van der Waals surface area contributed by atoms with Crippen LogP contribution in [0.15, 0.2) is 132 Å². The number of hydrogen-bond donors (Lipinski definition) is 0. The Bertz CT molecular complexity index is 2200. The number of thioether (sulfide) groups is 1. The highest BCUT2D eigenvalue weighted by molar-refractivity contribution is 8.01. The third-order valence-corrected chi connectivity index (χ3v) is 9.76. The normalized spacial score (nSPS) is 18.6. The first-order valence-corrected chi connectivity index (χ1v) is 14.6. The number of allylic oxidation sites excluding steroid dienone is 4. The van der Waals surface area contributed by atoms with Gasteiger partial charge in [0.2, 0.25) is 5.95 Å². The first-order valence-electron chi connectivity index (χ1n) is 13.7. The molecular formula is C36H23N3S. The van der Waals surface area contributed by atoms with Crippen LogP contribution in [0.25, 0.3) is 50.2 Å². The highest BCUT2D eigenvalue weighted by Gasteiger charge is 2.39. The molecule has 188 valence electrons. The Morgan fingerprint density at radius 2 is 1.48 bits per heavy atom. The maximum absolute atomic E-state index is 5.32. The molecule has 0 N–H and O–H groups in total. The van der Waals surface area contributed by atoms with E-state index in [2.05, 4.69) is 132 Å². The van der Waals surface area contributed by atoms with Gasteiger partial charge in [-0.15, -0.1) is 11.8 Å². The van der Waals surface area contributed by atoms with E-state index < -0.39 is 0 Å². The molecular weight excluding hydrogens is 506 g/mol. The second kappa shape index (κ2) is 8.41. The van der Waals surface area contributed by atoms with Crippen molar-refractivity contribution in [1.82, 2.24) is 14.5 Å². The summed E-state index contributed by atoms with van der Waals surface area (Å²) in [5, 5.41) is 5.19. The van der Waals surface area contributed by atoms with Crippen LogP contribution < -0.4 is 10.6 Å². The number of benzene rings is 4. The standard InChI is InChI=1S/C36H23N3S/c1-2-12-22(13-3-1)33-25-16-6-9-19-28(25)37-36(38-33)39-29-20-10-7-17-26(29)31-32-27-18-8-11-21-30(27)40-35(32)24-15-5-4-14-23(24)34(31)39/h1-21,24,35H. The van der Waals surface area contributed by atoms with Crippen LogP contribution in [-0.4, -0.2) is 19.8 Å². The molecule has 6 aromatic rings. The molecule has 2 aromatic heterocycles. The van der Waals surface area contributed by atoms with E-state index in [1.54, 1.807) is 0 Å². The van der Waals surface area contributed by atoms with Crippen molar-refractivity contribution in [3.63, 3.8) is 0 Å². The third-order valence-electron chi connectivity index (χ3n) is 8.36. The van der Waals surface area contributed by atoms with Crippen molar-refractivity contribution in [2.75, 3.05) is 0 Å². The predicted molar refractivity (Wildman–Crippen MR) is 165 cm³/mol. The van der Waals surface area contributed by atoms with Crippen LogP contribution in [0.4, 0.5) is 0 Å². The highest BCUT2D eigenvalue weighted by Crippen LogP contribution is 2.50. The Kier molecular flexibility index (Phi) is 4.66.